The Balaban J connectivity index is 1.70. The molecule has 0 saturated heterocycles. The predicted octanol–water partition coefficient (Wildman–Crippen LogP) is 3.94. The SMILES string of the molecule is O=C(Nc1ccc(OC2CCC2)c(F)c1)C(F)(F)c1cncs1. The first-order chi connectivity index (χ1) is 11.0. The highest BCUT2D eigenvalue weighted by molar-refractivity contribution is 7.09. The van der Waals surface area contributed by atoms with Crippen molar-refractivity contribution < 1.29 is 22.7 Å². The average molecular weight is 342 g/mol. The number of nitrogens with zero attached hydrogens (tertiary/aromatic N) is 1. The normalized spacial score (nSPS) is 15.1. The van der Waals surface area contributed by atoms with Crippen LogP contribution in [0.2, 0.25) is 0 Å². The maximum absolute atomic E-state index is 13.9. The molecule has 8 heteroatoms. The Bertz CT molecular complexity index is 703. The average Bonchev–Trinajstić information content (AvgIpc) is 2.99. The van der Waals surface area contributed by atoms with E-state index in [4.69, 9.17) is 4.74 Å². The van der Waals surface area contributed by atoms with Crippen LogP contribution in [0, 0.1) is 5.82 Å². The van der Waals surface area contributed by atoms with Gasteiger partial charge >= 0.3 is 11.8 Å². The number of hydrogen-bond donors (Lipinski definition) is 1. The summed E-state index contributed by atoms with van der Waals surface area (Å²) in [6.45, 7) is 0. The minimum Gasteiger partial charge on any atom is -0.487 e. The third kappa shape index (κ3) is 3.31. The van der Waals surface area contributed by atoms with Crippen LogP contribution < -0.4 is 10.1 Å². The van der Waals surface area contributed by atoms with E-state index in [1.165, 1.54) is 17.6 Å². The summed E-state index contributed by atoms with van der Waals surface area (Å²) < 4.78 is 47.2. The molecule has 1 aromatic carbocycles. The first-order valence-electron chi connectivity index (χ1n) is 7.01. The number of ether oxygens (including phenoxy) is 1. The van der Waals surface area contributed by atoms with Crippen LogP contribution in [-0.2, 0) is 10.7 Å². The molecule has 0 bridgehead atoms. The summed E-state index contributed by atoms with van der Waals surface area (Å²) in [5.74, 6) is -5.90. The molecular formula is C15H13F3N2O2S. The highest BCUT2D eigenvalue weighted by Gasteiger charge is 2.42. The van der Waals surface area contributed by atoms with E-state index in [1.807, 2.05) is 5.32 Å². The van der Waals surface area contributed by atoms with Crippen molar-refractivity contribution in [3.63, 3.8) is 0 Å². The molecule has 1 saturated carbocycles. The second kappa shape index (κ2) is 6.19. The van der Waals surface area contributed by atoms with Gasteiger partial charge in [-0.15, -0.1) is 11.3 Å². The molecule has 4 nitrogen and oxygen atoms in total. The number of nitrogens with one attached hydrogen (secondary N) is 1. The van der Waals surface area contributed by atoms with Crippen LogP contribution in [0.25, 0.3) is 0 Å². The molecule has 23 heavy (non-hydrogen) atoms. The molecule has 1 heterocycles. The summed E-state index contributed by atoms with van der Waals surface area (Å²) in [4.78, 5) is 14.8. The Morgan fingerprint density at radius 2 is 2.17 bits per heavy atom. The second-order valence-corrected chi connectivity index (χ2v) is 6.10. The molecule has 1 fully saturated rings. The Hall–Kier alpha value is -2.09. The minimum absolute atomic E-state index is 0.000558. The third-order valence-electron chi connectivity index (χ3n) is 3.56. The Labute approximate surface area is 134 Å². The number of benzene rings is 1. The van der Waals surface area contributed by atoms with E-state index in [2.05, 4.69) is 4.98 Å². The van der Waals surface area contributed by atoms with E-state index >= 15 is 0 Å². The number of carbonyl (C=O) groups is 1. The summed E-state index contributed by atoms with van der Waals surface area (Å²) in [5, 5.41) is 2.01. The zero-order chi connectivity index (χ0) is 16.4. The van der Waals surface area contributed by atoms with Crippen molar-refractivity contribution in [2.75, 3.05) is 5.32 Å². The van der Waals surface area contributed by atoms with Crippen molar-refractivity contribution in [2.45, 2.75) is 31.3 Å². The quantitative estimate of drug-likeness (QED) is 0.895. The second-order valence-electron chi connectivity index (χ2n) is 5.21. The van der Waals surface area contributed by atoms with Gasteiger partial charge in [0.15, 0.2) is 11.6 Å². The molecule has 0 aliphatic heterocycles. The van der Waals surface area contributed by atoms with Crippen LogP contribution in [0.5, 0.6) is 5.75 Å². The van der Waals surface area contributed by atoms with E-state index in [9.17, 15) is 18.0 Å². The van der Waals surface area contributed by atoms with Crippen LogP contribution >= 0.6 is 11.3 Å². The zero-order valence-electron chi connectivity index (χ0n) is 11.9. The molecule has 0 unspecified atom stereocenters. The number of halogens is 3. The van der Waals surface area contributed by atoms with Crippen LogP contribution in [0.4, 0.5) is 18.9 Å². The monoisotopic (exact) mass is 342 g/mol. The minimum atomic E-state index is -3.72. The molecule has 1 aliphatic rings. The predicted molar refractivity (Wildman–Crippen MR) is 79.3 cm³/mol. The van der Waals surface area contributed by atoms with Gasteiger partial charge in [-0.2, -0.15) is 8.78 Å². The fraction of sp³-hybridized carbons (Fsp3) is 0.333. The maximum Gasteiger partial charge on any atom is 0.360 e. The van der Waals surface area contributed by atoms with Crippen molar-refractivity contribution in [1.82, 2.24) is 4.98 Å². The van der Waals surface area contributed by atoms with E-state index in [0.29, 0.717) is 11.3 Å². The van der Waals surface area contributed by atoms with E-state index < -0.39 is 22.5 Å². The molecule has 1 amide bonds. The molecule has 0 radical (unpaired) electrons. The van der Waals surface area contributed by atoms with Crippen molar-refractivity contribution in [3.8, 4) is 5.75 Å². The molecule has 122 valence electrons. The first-order valence-corrected chi connectivity index (χ1v) is 7.89. The van der Waals surface area contributed by atoms with E-state index in [0.717, 1.165) is 31.5 Å². The van der Waals surface area contributed by atoms with Gasteiger partial charge in [-0.1, -0.05) is 0 Å². The summed E-state index contributed by atoms with van der Waals surface area (Å²) in [6, 6.07) is 3.63. The highest BCUT2D eigenvalue weighted by Crippen LogP contribution is 2.33. The first kappa shape index (κ1) is 15.8. The fourth-order valence-electron chi connectivity index (χ4n) is 2.03. The van der Waals surface area contributed by atoms with Gasteiger partial charge in [0.25, 0.3) is 0 Å². The largest absolute Gasteiger partial charge is 0.487 e. The summed E-state index contributed by atoms with van der Waals surface area (Å²) in [5.41, 5.74) is 1.15. The molecule has 0 atom stereocenters. The lowest BCUT2D eigenvalue weighted by Crippen LogP contribution is -2.31. The lowest BCUT2D eigenvalue weighted by molar-refractivity contribution is -0.140. The number of alkyl halides is 2. The molecule has 1 aromatic heterocycles. The number of thiazole rings is 1. The molecule has 1 N–H and O–H groups in total. The zero-order valence-corrected chi connectivity index (χ0v) is 12.7. The van der Waals surface area contributed by atoms with Gasteiger partial charge in [-0.3, -0.25) is 9.78 Å². The van der Waals surface area contributed by atoms with Crippen LogP contribution in [0.1, 0.15) is 24.1 Å². The van der Waals surface area contributed by atoms with E-state index in [1.54, 1.807) is 0 Å². The molecule has 1 aliphatic carbocycles. The maximum atomic E-state index is 13.9. The molecular weight excluding hydrogens is 329 g/mol. The van der Waals surface area contributed by atoms with Crippen LogP contribution in [-0.4, -0.2) is 17.0 Å². The van der Waals surface area contributed by atoms with Crippen molar-refractivity contribution in [1.29, 1.82) is 0 Å². The highest BCUT2D eigenvalue weighted by atomic mass is 32.1. The number of aromatic nitrogens is 1. The number of rotatable bonds is 5. The van der Waals surface area contributed by atoms with Gasteiger partial charge in [-0.05, 0) is 31.4 Å². The van der Waals surface area contributed by atoms with Crippen molar-refractivity contribution >= 4 is 22.9 Å². The number of hydrogen-bond acceptors (Lipinski definition) is 4. The lowest BCUT2D eigenvalue weighted by Gasteiger charge is -2.26. The molecule has 3 rings (SSSR count). The van der Waals surface area contributed by atoms with Gasteiger partial charge in [0.2, 0.25) is 0 Å². The Kier molecular flexibility index (Phi) is 4.25. The van der Waals surface area contributed by atoms with Gasteiger partial charge in [0.1, 0.15) is 4.88 Å². The van der Waals surface area contributed by atoms with Gasteiger partial charge < -0.3 is 10.1 Å². The summed E-state index contributed by atoms with van der Waals surface area (Å²) in [7, 11) is 0. The van der Waals surface area contributed by atoms with Crippen molar-refractivity contribution in [3.05, 3.63) is 40.6 Å². The van der Waals surface area contributed by atoms with E-state index in [-0.39, 0.29) is 17.5 Å². The van der Waals surface area contributed by atoms with Gasteiger partial charge in [-0.25, -0.2) is 4.39 Å². The number of anilines is 1. The fourth-order valence-corrected chi connectivity index (χ4v) is 2.63. The standard InChI is InChI=1S/C15H13F3N2O2S/c16-11-6-9(4-5-12(11)22-10-2-1-3-10)20-14(21)15(17,18)13-7-19-8-23-13/h4-8,10H,1-3H2,(H,20,21). The molecule has 2 aromatic rings. The third-order valence-corrected chi connectivity index (χ3v) is 4.41. The lowest BCUT2D eigenvalue weighted by atomic mass is 9.96. The Morgan fingerprint density at radius 1 is 1.39 bits per heavy atom. The number of carbonyl (C=O) groups excluding carboxylic acids is 1. The smallest absolute Gasteiger partial charge is 0.360 e. The Morgan fingerprint density at radius 3 is 2.74 bits per heavy atom. The van der Waals surface area contributed by atoms with Crippen molar-refractivity contribution in [2.24, 2.45) is 0 Å². The topological polar surface area (TPSA) is 51.2 Å². The summed E-state index contributed by atoms with van der Waals surface area (Å²) in [6.07, 6.45) is 3.73. The van der Waals surface area contributed by atoms with Crippen LogP contribution in [0.3, 0.4) is 0 Å². The summed E-state index contributed by atoms with van der Waals surface area (Å²) >= 11 is 0.674. The van der Waals surface area contributed by atoms with Gasteiger partial charge in [0.05, 0.1) is 11.6 Å². The molecule has 0 spiro atoms. The van der Waals surface area contributed by atoms with Crippen LogP contribution in [0.15, 0.2) is 29.9 Å². The van der Waals surface area contributed by atoms with Gasteiger partial charge in [0, 0.05) is 18.0 Å². The number of amides is 1.